The van der Waals surface area contributed by atoms with Crippen molar-refractivity contribution in [3.05, 3.63) is 54.5 Å². The lowest BCUT2D eigenvalue weighted by atomic mass is 10.1. The highest BCUT2D eigenvalue weighted by atomic mass is 19.3. The molecular weight excluding hydrogens is 358 g/mol. The average Bonchev–Trinajstić information content (AvgIpc) is 3.29. The highest BCUT2D eigenvalue weighted by Crippen LogP contribution is 2.27. The first-order valence-electron chi connectivity index (χ1n) is 7.80. The van der Waals surface area contributed by atoms with Crippen molar-refractivity contribution in [2.45, 2.75) is 6.61 Å². The lowest BCUT2D eigenvalue weighted by Crippen LogP contribution is -2.12. The van der Waals surface area contributed by atoms with Crippen molar-refractivity contribution in [1.82, 2.24) is 25.4 Å². The molecule has 0 atom stereocenters. The van der Waals surface area contributed by atoms with Gasteiger partial charge >= 0.3 is 6.61 Å². The molecule has 0 unspecified atom stereocenters. The largest absolute Gasteiger partial charge is 0.435 e. The summed E-state index contributed by atoms with van der Waals surface area (Å²) in [5, 5.41) is 16.8. The van der Waals surface area contributed by atoms with Crippen molar-refractivity contribution >= 4 is 22.6 Å². The Kier molecular flexibility index (Phi) is 4.21. The number of hydrogen-bond acceptors (Lipinski definition) is 5. The number of carbonyl (C=O) groups excluding carboxylic acids is 1. The SMILES string of the molecule is O=C(Nc1n[nH]c2cnccc12)c1cn[nH]c1-c1cccc(OC(F)F)c1. The lowest BCUT2D eigenvalue weighted by Gasteiger charge is -2.07. The Morgan fingerprint density at radius 3 is 2.93 bits per heavy atom. The predicted octanol–water partition coefficient (Wildman–Crippen LogP) is 3.20. The van der Waals surface area contributed by atoms with E-state index in [-0.39, 0.29) is 11.3 Å². The number of aromatic amines is 2. The first-order chi connectivity index (χ1) is 13.1. The van der Waals surface area contributed by atoms with Crippen LogP contribution in [-0.2, 0) is 0 Å². The summed E-state index contributed by atoms with van der Waals surface area (Å²) in [5.41, 5.74) is 1.76. The fraction of sp³-hybridized carbons (Fsp3) is 0.0588. The molecule has 3 heterocycles. The fourth-order valence-corrected chi connectivity index (χ4v) is 2.64. The van der Waals surface area contributed by atoms with Crippen LogP contribution in [0.15, 0.2) is 48.9 Å². The number of fused-ring (bicyclic) bond motifs is 1. The summed E-state index contributed by atoms with van der Waals surface area (Å²) in [4.78, 5) is 16.7. The van der Waals surface area contributed by atoms with Gasteiger partial charge in [0.1, 0.15) is 5.75 Å². The smallest absolute Gasteiger partial charge is 0.387 e. The van der Waals surface area contributed by atoms with Crippen LogP contribution >= 0.6 is 0 Å². The van der Waals surface area contributed by atoms with Crippen LogP contribution in [0.3, 0.4) is 0 Å². The van der Waals surface area contributed by atoms with Crippen LogP contribution in [0.1, 0.15) is 10.4 Å². The molecule has 1 amide bonds. The highest BCUT2D eigenvalue weighted by molar-refractivity contribution is 6.10. The molecule has 8 nitrogen and oxygen atoms in total. The number of carbonyl (C=O) groups is 1. The van der Waals surface area contributed by atoms with Crippen molar-refractivity contribution in [2.24, 2.45) is 0 Å². The van der Waals surface area contributed by atoms with Gasteiger partial charge in [-0.1, -0.05) is 12.1 Å². The Balaban J connectivity index is 1.63. The van der Waals surface area contributed by atoms with Crippen LogP contribution in [0.4, 0.5) is 14.6 Å². The third kappa shape index (κ3) is 3.32. The number of ether oxygens (including phenoxy) is 1. The molecule has 4 aromatic rings. The summed E-state index contributed by atoms with van der Waals surface area (Å²) in [6, 6.07) is 7.71. The normalized spacial score (nSPS) is 11.1. The zero-order valence-corrected chi connectivity index (χ0v) is 13.6. The number of nitrogens with zero attached hydrogens (tertiary/aromatic N) is 3. The summed E-state index contributed by atoms with van der Waals surface area (Å²) in [7, 11) is 0. The van der Waals surface area contributed by atoms with E-state index >= 15 is 0 Å². The molecule has 0 radical (unpaired) electrons. The molecule has 0 aliphatic heterocycles. The zero-order chi connectivity index (χ0) is 18.8. The van der Waals surface area contributed by atoms with E-state index < -0.39 is 12.5 Å². The Bertz CT molecular complexity index is 1110. The predicted molar refractivity (Wildman–Crippen MR) is 92.5 cm³/mol. The number of benzene rings is 1. The van der Waals surface area contributed by atoms with Crippen LogP contribution in [0.2, 0.25) is 0 Å². The van der Waals surface area contributed by atoms with E-state index in [2.05, 4.69) is 35.4 Å². The minimum absolute atomic E-state index is 0.0192. The molecule has 27 heavy (non-hydrogen) atoms. The topological polar surface area (TPSA) is 109 Å². The molecule has 0 spiro atoms. The molecule has 0 fully saturated rings. The van der Waals surface area contributed by atoms with Crippen molar-refractivity contribution in [2.75, 3.05) is 5.32 Å². The number of rotatable bonds is 5. The van der Waals surface area contributed by atoms with Gasteiger partial charge in [-0.25, -0.2) is 0 Å². The van der Waals surface area contributed by atoms with Gasteiger partial charge in [-0.3, -0.25) is 20.0 Å². The quantitative estimate of drug-likeness (QED) is 0.500. The first-order valence-corrected chi connectivity index (χ1v) is 7.80. The van der Waals surface area contributed by atoms with Gasteiger partial charge in [0.25, 0.3) is 5.91 Å². The summed E-state index contributed by atoms with van der Waals surface area (Å²) in [6.07, 6.45) is 4.53. The molecule has 3 N–H and O–H groups in total. The number of alkyl halides is 2. The van der Waals surface area contributed by atoms with Crippen molar-refractivity contribution in [1.29, 1.82) is 0 Å². The minimum atomic E-state index is -2.94. The molecule has 1 aromatic carbocycles. The van der Waals surface area contributed by atoms with Crippen LogP contribution < -0.4 is 10.1 Å². The van der Waals surface area contributed by atoms with Gasteiger partial charge in [-0.2, -0.15) is 19.0 Å². The first kappa shape index (κ1) is 16.6. The number of anilines is 1. The number of pyridine rings is 1. The van der Waals surface area contributed by atoms with Crippen LogP contribution in [-0.4, -0.2) is 37.9 Å². The molecule has 4 rings (SSSR count). The number of H-pyrrole nitrogens is 2. The molecule has 3 aromatic heterocycles. The van der Waals surface area contributed by atoms with E-state index in [0.717, 1.165) is 0 Å². The maximum absolute atomic E-state index is 12.7. The average molecular weight is 370 g/mol. The van der Waals surface area contributed by atoms with Crippen LogP contribution in [0.25, 0.3) is 22.2 Å². The van der Waals surface area contributed by atoms with Crippen molar-refractivity contribution < 1.29 is 18.3 Å². The second-order valence-electron chi connectivity index (χ2n) is 5.51. The molecule has 136 valence electrons. The molecule has 10 heteroatoms. The van der Waals surface area contributed by atoms with Crippen LogP contribution in [0.5, 0.6) is 5.75 Å². The van der Waals surface area contributed by atoms with Crippen LogP contribution in [0, 0.1) is 0 Å². The van der Waals surface area contributed by atoms with E-state index in [9.17, 15) is 13.6 Å². The van der Waals surface area contributed by atoms with Gasteiger partial charge in [0.05, 0.1) is 29.2 Å². The maximum Gasteiger partial charge on any atom is 0.387 e. The molecule has 0 bridgehead atoms. The lowest BCUT2D eigenvalue weighted by molar-refractivity contribution is -0.0498. The van der Waals surface area contributed by atoms with E-state index in [1.807, 2.05) is 0 Å². The zero-order valence-electron chi connectivity index (χ0n) is 13.6. The number of amides is 1. The van der Waals surface area contributed by atoms with Crippen molar-refractivity contribution in [3.8, 4) is 17.0 Å². The molecule has 0 saturated heterocycles. The van der Waals surface area contributed by atoms with E-state index in [1.165, 1.54) is 18.3 Å². The summed E-state index contributed by atoms with van der Waals surface area (Å²) < 4.78 is 29.2. The van der Waals surface area contributed by atoms with Gasteiger partial charge in [-0.15, -0.1) is 0 Å². The second-order valence-corrected chi connectivity index (χ2v) is 5.51. The number of aromatic nitrogens is 5. The van der Waals surface area contributed by atoms with Gasteiger partial charge < -0.3 is 10.1 Å². The summed E-state index contributed by atoms with van der Waals surface area (Å²) in [6.45, 7) is -2.94. The fourth-order valence-electron chi connectivity index (χ4n) is 2.64. The Morgan fingerprint density at radius 1 is 1.19 bits per heavy atom. The van der Waals surface area contributed by atoms with E-state index in [1.54, 1.807) is 30.6 Å². The number of halogens is 2. The monoisotopic (exact) mass is 370 g/mol. The maximum atomic E-state index is 12.7. The Hall–Kier alpha value is -3.82. The van der Waals surface area contributed by atoms with Gasteiger partial charge in [0.15, 0.2) is 5.82 Å². The highest BCUT2D eigenvalue weighted by Gasteiger charge is 2.18. The number of hydrogen-bond donors (Lipinski definition) is 3. The standard InChI is InChI=1S/C17H12F2N6O2/c18-17(19)27-10-3-1-2-9(6-10)14-12(7-21-24-14)16(26)22-15-11-4-5-20-8-13(11)23-25-15/h1-8,17H,(H,21,24)(H2,22,23,25,26). The number of nitrogens with one attached hydrogen (secondary N) is 3. The third-order valence-corrected chi connectivity index (χ3v) is 3.83. The molecule has 0 saturated carbocycles. The van der Waals surface area contributed by atoms with E-state index in [4.69, 9.17) is 0 Å². The third-order valence-electron chi connectivity index (χ3n) is 3.83. The Labute approximate surface area is 150 Å². The summed E-state index contributed by atoms with van der Waals surface area (Å²) in [5.74, 6) is -0.127. The molecule has 0 aliphatic carbocycles. The Morgan fingerprint density at radius 2 is 2.07 bits per heavy atom. The second kappa shape index (κ2) is 6.83. The molecule has 0 aliphatic rings. The van der Waals surface area contributed by atoms with Gasteiger partial charge in [0, 0.05) is 17.1 Å². The van der Waals surface area contributed by atoms with Gasteiger partial charge in [-0.05, 0) is 18.2 Å². The van der Waals surface area contributed by atoms with E-state index in [0.29, 0.717) is 28.0 Å². The van der Waals surface area contributed by atoms with Crippen molar-refractivity contribution in [3.63, 3.8) is 0 Å². The summed E-state index contributed by atoms with van der Waals surface area (Å²) >= 11 is 0. The minimum Gasteiger partial charge on any atom is -0.435 e. The van der Waals surface area contributed by atoms with Gasteiger partial charge in [0.2, 0.25) is 0 Å². The molecular formula is C17H12F2N6O2.